The van der Waals surface area contributed by atoms with Crippen molar-refractivity contribution < 1.29 is 0 Å². The Hall–Kier alpha value is -0.0400. The van der Waals surface area contributed by atoms with E-state index in [2.05, 4.69) is 19.3 Å². The van der Waals surface area contributed by atoms with Gasteiger partial charge in [-0.2, -0.15) is 0 Å². The molecule has 0 aliphatic heterocycles. The second-order valence-corrected chi connectivity index (χ2v) is 6.38. The fraction of sp³-hybridized carbons (Fsp3) is 1.00. The molecule has 2 fully saturated rings. The highest BCUT2D eigenvalue weighted by molar-refractivity contribution is 4.87. The topological polar surface area (TPSA) is 12.0 Å². The van der Waals surface area contributed by atoms with E-state index in [4.69, 9.17) is 0 Å². The van der Waals surface area contributed by atoms with Gasteiger partial charge in [0.05, 0.1) is 0 Å². The van der Waals surface area contributed by atoms with E-state index in [-0.39, 0.29) is 0 Å². The number of nitrogens with one attached hydrogen (secondary N) is 1. The highest BCUT2D eigenvalue weighted by Gasteiger charge is 2.36. The minimum Gasteiger partial charge on any atom is -0.319 e. The first-order valence-corrected chi connectivity index (χ1v) is 8.01. The Bertz CT molecular complexity index is 212. The smallest absolute Gasteiger partial charge is 0.00208 e. The van der Waals surface area contributed by atoms with E-state index in [0.717, 1.165) is 23.7 Å². The highest BCUT2D eigenvalue weighted by atomic mass is 14.8. The maximum absolute atomic E-state index is 3.44. The van der Waals surface area contributed by atoms with Crippen molar-refractivity contribution in [2.75, 3.05) is 13.6 Å². The fourth-order valence-corrected chi connectivity index (χ4v) is 4.62. The molecule has 1 N–H and O–H groups in total. The lowest BCUT2D eigenvalue weighted by Gasteiger charge is -2.43. The Balaban J connectivity index is 2.00. The SMILES string of the molecule is CCC1CCCCC1C1CCCCC1CNC. The van der Waals surface area contributed by atoms with Gasteiger partial charge in [-0.05, 0) is 56.5 Å². The molecule has 1 heteroatoms. The minimum absolute atomic E-state index is 0.978. The van der Waals surface area contributed by atoms with E-state index in [9.17, 15) is 0 Å². The highest BCUT2D eigenvalue weighted by Crippen LogP contribution is 2.45. The van der Waals surface area contributed by atoms with Crippen LogP contribution in [0.1, 0.15) is 64.7 Å². The molecule has 4 unspecified atom stereocenters. The molecule has 1 nitrogen and oxygen atoms in total. The average Bonchev–Trinajstić information content (AvgIpc) is 2.40. The Morgan fingerprint density at radius 2 is 1.35 bits per heavy atom. The van der Waals surface area contributed by atoms with Crippen molar-refractivity contribution in [3.63, 3.8) is 0 Å². The van der Waals surface area contributed by atoms with Crippen LogP contribution in [0.3, 0.4) is 0 Å². The second-order valence-electron chi connectivity index (χ2n) is 6.38. The van der Waals surface area contributed by atoms with Gasteiger partial charge in [0.1, 0.15) is 0 Å². The molecular formula is C16H31N. The lowest BCUT2D eigenvalue weighted by atomic mass is 9.63. The molecule has 100 valence electrons. The summed E-state index contributed by atoms with van der Waals surface area (Å²) in [4.78, 5) is 0. The summed E-state index contributed by atoms with van der Waals surface area (Å²) < 4.78 is 0. The van der Waals surface area contributed by atoms with Gasteiger partial charge in [0.2, 0.25) is 0 Å². The molecule has 0 aromatic carbocycles. The van der Waals surface area contributed by atoms with E-state index < -0.39 is 0 Å². The molecular weight excluding hydrogens is 206 g/mol. The van der Waals surface area contributed by atoms with Crippen LogP contribution in [-0.4, -0.2) is 13.6 Å². The van der Waals surface area contributed by atoms with Gasteiger partial charge in [-0.15, -0.1) is 0 Å². The van der Waals surface area contributed by atoms with Crippen molar-refractivity contribution in [1.82, 2.24) is 5.32 Å². The largest absolute Gasteiger partial charge is 0.319 e. The lowest BCUT2D eigenvalue weighted by Crippen LogP contribution is -2.37. The van der Waals surface area contributed by atoms with Crippen LogP contribution in [0.15, 0.2) is 0 Å². The summed E-state index contributed by atoms with van der Waals surface area (Å²) in [6.07, 6.45) is 13.5. The van der Waals surface area contributed by atoms with Gasteiger partial charge in [-0.1, -0.05) is 45.4 Å². The summed E-state index contributed by atoms with van der Waals surface area (Å²) >= 11 is 0. The van der Waals surface area contributed by atoms with Crippen LogP contribution in [0.2, 0.25) is 0 Å². The maximum atomic E-state index is 3.44. The molecule has 17 heavy (non-hydrogen) atoms. The number of rotatable bonds is 4. The predicted molar refractivity (Wildman–Crippen MR) is 75.1 cm³/mol. The van der Waals surface area contributed by atoms with Crippen molar-refractivity contribution in [2.45, 2.75) is 64.7 Å². The Morgan fingerprint density at radius 3 is 1.94 bits per heavy atom. The van der Waals surface area contributed by atoms with Crippen LogP contribution in [0.5, 0.6) is 0 Å². The summed E-state index contributed by atoms with van der Waals surface area (Å²) in [5, 5.41) is 3.44. The number of hydrogen-bond acceptors (Lipinski definition) is 1. The van der Waals surface area contributed by atoms with Crippen LogP contribution >= 0.6 is 0 Å². The van der Waals surface area contributed by atoms with Crippen LogP contribution in [0.25, 0.3) is 0 Å². The second kappa shape index (κ2) is 6.78. The molecule has 4 atom stereocenters. The van der Waals surface area contributed by atoms with Crippen molar-refractivity contribution in [3.05, 3.63) is 0 Å². The molecule has 0 aromatic rings. The van der Waals surface area contributed by atoms with Gasteiger partial charge in [0, 0.05) is 0 Å². The van der Waals surface area contributed by atoms with E-state index in [1.54, 1.807) is 0 Å². The molecule has 0 saturated heterocycles. The molecule has 0 amide bonds. The van der Waals surface area contributed by atoms with Crippen molar-refractivity contribution in [2.24, 2.45) is 23.7 Å². The van der Waals surface area contributed by atoms with Gasteiger partial charge in [-0.3, -0.25) is 0 Å². The van der Waals surface area contributed by atoms with Crippen molar-refractivity contribution in [3.8, 4) is 0 Å². The molecule has 2 aliphatic rings. The Morgan fingerprint density at radius 1 is 0.824 bits per heavy atom. The van der Waals surface area contributed by atoms with Crippen LogP contribution in [-0.2, 0) is 0 Å². The van der Waals surface area contributed by atoms with E-state index in [1.807, 2.05) is 0 Å². The van der Waals surface area contributed by atoms with Crippen molar-refractivity contribution >= 4 is 0 Å². The minimum atomic E-state index is 0.978. The third-order valence-corrected chi connectivity index (χ3v) is 5.48. The Kier molecular flexibility index (Phi) is 5.34. The standard InChI is InChI=1S/C16H31N/c1-3-13-8-4-6-10-15(13)16-11-7-5-9-14(16)12-17-2/h13-17H,3-12H2,1-2H3. The first-order chi connectivity index (χ1) is 8.36. The van der Waals surface area contributed by atoms with Gasteiger partial charge in [-0.25, -0.2) is 0 Å². The van der Waals surface area contributed by atoms with Gasteiger partial charge < -0.3 is 5.32 Å². The normalized spacial score (nSPS) is 39.2. The first kappa shape index (κ1) is 13.4. The molecule has 2 aliphatic carbocycles. The third-order valence-electron chi connectivity index (χ3n) is 5.48. The zero-order valence-electron chi connectivity index (χ0n) is 11.9. The van der Waals surface area contributed by atoms with Gasteiger partial charge in [0.25, 0.3) is 0 Å². The molecule has 0 radical (unpaired) electrons. The van der Waals surface area contributed by atoms with Crippen LogP contribution in [0, 0.1) is 23.7 Å². The van der Waals surface area contributed by atoms with Gasteiger partial charge >= 0.3 is 0 Å². The molecule has 0 spiro atoms. The van der Waals surface area contributed by atoms with Gasteiger partial charge in [0.15, 0.2) is 0 Å². The molecule has 0 heterocycles. The predicted octanol–water partition coefficient (Wildman–Crippen LogP) is 4.23. The molecule has 0 aromatic heterocycles. The third kappa shape index (κ3) is 3.24. The summed E-state index contributed by atoms with van der Waals surface area (Å²) in [6, 6.07) is 0. The zero-order valence-corrected chi connectivity index (χ0v) is 11.9. The molecule has 2 saturated carbocycles. The van der Waals surface area contributed by atoms with Crippen LogP contribution < -0.4 is 5.32 Å². The zero-order chi connectivity index (χ0) is 12.1. The van der Waals surface area contributed by atoms with E-state index in [0.29, 0.717) is 0 Å². The fourth-order valence-electron chi connectivity index (χ4n) is 4.62. The lowest BCUT2D eigenvalue weighted by molar-refractivity contribution is 0.0796. The molecule has 2 rings (SSSR count). The van der Waals surface area contributed by atoms with Crippen LogP contribution in [0.4, 0.5) is 0 Å². The maximum Gasteiger partial charge on any atom is -0.00208 e. The van der Waals surface area contributed by atoms with Crippen molar-refractivity contribution in [1.29, 1.82) is 0 Å². The average molecular weight is 237 g/mol. The van der Waals surface area contributed by atoms with E-state index in [1.165, 1.54) is 64.3 Å². The summed E-state index contributed by atoms with van der Waals surface area (Å²) in [6.45, 7) is 3.68. The Labute approximate surface area is 108 Å². The quantitative estimate of drug-likeness (QED) is 0.771. The first-order valence-electron chi connectivity index (χ1n) is 8.01. The summed E-state index contributed by atoms with van der Waals surface area (Å²) in [5.41, 5.74) is 0. The monoisotopic (exact) mass is 237 g/mol. The summed E-state index contributed by atoms with van der Waals surface area (Å²) in [5.74, 6) is 4.13. The number of hydrogen-bond donors (Lipinski definition) is 1. The molecule has 0 bridgehead atoms. The summed E-state index contributed by atoms with van der Waals surface area (Å²) in [7, 11) is 2.13. The van der Waals surface area contributed by atoms with E-state index >= 15 is 0 Å².